The van der Waals surface area contributed by atoms with Crippen LogP contribution in [0.5, 0.6) is 0 Å². The molecule has 0 saturated heterocycles. The van der Waals surface area contributed by atoms with Crippen molar-refractivity contribution in [3.8, 4) is 5.69 Å². The number of nitro groups is 1. The highest BCUT2D eigenvalue weighted by Crippen LogP contribution is 2.24. The van der Waals surface area contributed by atoms with Crippen molar-refractivity contribution < 1.29 is 9.72 Å². The smallest absolute Gasteiger partial charge is 0.267 e. The van der Waals surface area contributed by atoms with E-state index < -0.39 is 10.8 Å². The van der Waals surface area contributed by atoms with E-state index in [4.69, 9.17) is 0 Å². The quantitative estimate of drug-likeness (QED) is 0.304. The molecule has 0 bridgehead atoms. The molecule has 154 valence electrons. The molecule has 9 heteroatoms. The van der Waals surface area contributed by atoms with Gasteiger partial charge in [0, 0.05) is 17.8 Å². The Kier molecular flexibility index (Phi) is 5.23. The van der Waals surface area contributed by atoms with Crippen molar-refractivity contribution in [3.05, 3.63) is 93.3 Å². The number of pyridine rings is 1. The molecule has 2 heterocycles. The van der Waals surface area contributed by atoms with E-state index in [9.17, 15) is 14.9 Å². The number of benzene rings is 2. The topological polar surface area (TPSA) is 115 Å². The third kappa shape index (κ3) is 4.01. The van der Waals surface area contributed by atoms with Gasteiger partial charge in [-0.05, 0) is 49.7 Å². The summed E-state index contributed by atoms with van der Waals surface area (Å²) in [6, 6.07) is 17.1. The van der Waals surface area contributed by atoms with Crippen LogP contribution < -0.4 is 5.43 Å². The number of rotatable bonds is 5. The number of hydrazone groups is 1. The zero-order chi connectivity index (χ0) is 22.0. The summed E-state index contributed by atoms with van der Waals surface area (Å²) in [5.74, 6) is -0.399. The molecule has 4 rings (SSSR count). The summed E-state index contributed by atoms with van der Waals surface area (Å²) in [7, 11) is 0. The van der Waals surface area contributed by atoms with E-state index in [1.54, 1.807) is 22.9 Å². The minimum Gasteiger partial charge on any atom is -0.267 e. The highest BCUT2D eigenvalue weighted by atomic mass is 16.6. The monoisotopic (exact) mass is 414 g/mol. The molecule has 31 heavy (non-hydrogen) atoms. The van der Waals surface area contributed by atoms with E-state index in [2.05, 4.69) is 20.6 Å². The van der Waals surface area contributed by atoms with Crippen molar-refractivity contribution in [3.63, 3.8) is 0 Å². The summed E-state index contributed by atoms with van der Waals surface area (Å²) < 4.78 is 1.72. The maximum absolute atomic E-state index is 12.9. The summed E-state index contributed by atoms with van der Waals surface area (Å²) in [6.45, 7) is 3.64. The molecule has 0 aliphatic rings. The van der Waals surface area contributed by atoms with Gasteiger partial charge >= 0.3 is 0 Å². The number of nitro benzene ring substituents is 1. The SMILES string of the molecule is Cc1cc(C(=O)N/N=C/c2ccc([N+](=O)[O-])cc2)c2c(C)nn(-c3ccccc3)c2n1. The lowest BCUT2D eigenvalue weighted by Gasteiger charge is -2.06. The fourth-order valence-corrected chi connectivity index (χ4v) is 3.25. The van der Waals surface area contributed by atoms with Crippen molar-refractivity contribution in [2.75, 3.05) is 0 Å². The van der Waals surface area contributed by atoms with Crippen LogP contribution in [-0.2, 0) is 0 Å². The number of para-hydroxylation sites is 1. The number of hydrogen-bond acceptors (Lipinski definition) is 6. The number of aryl methyl sites for hydroxylation is 2. The van der Waals surface area contributed by atoms with Crippen molar-refractivity contribution in [1.82, 2.24) is 20.2 Å². The van der Waals surface area contributed by atoms with Crippen LogP contribution in [0.1, 0.15) is 27.3 Å². The fraction of sp³-hybridized carbons (Fsp3) is 0.0909. The predicted octanol–water partition coefficient (Wildman–Crippen LogP) is 3.71. The van der Waals surface area contributed by atoms with Gasteiger partial charge in [-0.2, -0.15) is 10.2 Å². The minimum absolute atomic E-state index is 0.0123. The van der Waals surface area contributed by atoms with Gasteiger partial charge in [0.05, 0.1) is 33.5 Å². The number of nitrogens with one attached hydrogen (secondary N) is 1. The van der Waals surface area contributed by atoms with Crippen LogP contribution in [0, 0.1) is 24.0 Å². The van der Waals surface area contributed by atoms with Crippen LogP contribution in [0.2, 0.25) is 0 Å². The number of aromatic nitrogens is 3. The molecular weight excluding hydrogens is 396 g/mol. The van der Waals surface area contributed by atoms with Gasteiger partial charge in [0.2, 0.25) is 0 Å². The molecule has 0 aliphatic heterocycles. The summed E-state index contributed by atoms with van der Waals surface area (Å²) in [5.41, 5.74) is 6.33. The van der Waals surface area contributed by atoms with Crippen LogP contribution in [0.3, 0.4) is 0 Å². The Morgan fingerprint density at radius 2 is 1.84 bits per heavy atom. The number of hydrogen-bond donors (Lipinski definition) is 1. The van der Waals surface area contributed by atoms with Gasteiger partial charge in [0.25, 0.3) is 11.6 Å². The maximum Gasteiger partial charge on any atom is 0.272 e. The van der Waals surface area contributed by atoms with E-state index in [1.807, 2.05) is 44.2 Å². The van der Waals surface area contributed by atoms with Gasteiger partial charge in [0.15, 0.2) is 5.65 Å². The lowest BCUT2D eigenvalue weighted by molar-refractivity contribution is -0.384. The lowest BCUT2D eigenvalue weighted by atomic mass is 10.1. The van der Waals surface area contributed by atoms with E-state index in [1.165, 1.54) is 18.3 Å². The van der Waals surface area contributed by atoms with Crippen LogP contribution >= 0.6 is 0 Å². The second-order valence-electron chi connectivity index (χ2n) is 6.89. The molecule has 4 aromatic rings. The zero-order valence-electron chi connectivity index (χ0n) is 16.8. The third-order valence-corrected chi connectivity index (χ3v) is 4.67. The van der Waals surface area contributed by atoms with Crippen LogP contribution in [-0.4, -0.2) is 31.8 Å². The van der Waals surface area contributed by atoms with Gasteiger partial charge in [-0.15, -0.1) is 0 Å². The third-order valence-electron chi connectivity index (χ3n) is 4.67. The lowest BCUT2D eigenvalue weighted by Crippen LogP contribution is -2.18. The summed E-state index contributed by atoms with van der Waals surface area (Å²) >= 11 is 0. The summed E-state index contributed by atoms with van der Waals surface area (Å²) in [6.07, 6.45) is 1.42. The minimum atomic E-state index is -0.475. The molecule has 9 nitrogen and oxygen atoms in total. The summed E-state index contributed by atoms with van der Waals surface area (Å²) in [5, 5.41) is 19.9. The Labute approximate surface area is 177 Å². The van der Waals surface area contributed by atoms with Gasteiger partial charge < -0.3 is 0 Å². The number of amides is 1. The molecule has 0 aliphatic carbocycles. The van der Waals surface area contributed by atoms with Crippen LogP contribution in [0.4, 0.5) is 5.69 Å². The normalized spacial score (nSPS) is 11.2. The molecular formula is C22H18N6O3. The molecule has 0 saturated carbocycles. The first-order chi connectivity index (χ1) is 14.9. The Hall–Kier alpha value is -4.40. The van der Waals surface area contributed by atoms with Crippen molar-refractivity contribution >= 4 is 28.8 Å². The zero-order valence-corrected chi connectivity index (χ0v) is 16.8. The molecule has 0 spiro atoms. The highest BCUT2D eigenvalue weighted by molar-refractivity contribution is 6.07. The van der Waals surface area contributed by atoms with Gasteiger partial charge in [-0.25, -0.2) is 15.1 Å². The Bertz CT molecular complexity index is 1310. The molecule has 2 aromatic carbocycles. The molecule has 2 aromatic heterocycles. The molecule has 0 unspecified atom stereocenters. The molecule has 1 amide bonds. The number of carbonyl (C=O) groups is 1. The highest BCUT2D eigenvalue weighted by Gasteiger charge is 2.19. The predicted molar refractivity (Wildman–Crippen MR) is 116 cm³/mol. The Balaban J connectivity index is 1.64. The van der Waals surface area contributed by atoms with E-state index in [-0.39, 0.29) is 5.69 Å². The average Bonchev–Trinajstić information content (AvgIpc) is 3.10. The van der Waals surface area contributed by atoms with Crippen molar-refractivity contribution in [2.24, 2.45) is 5.10 Å². The molecule has 0 atom stereocenters. The van der Waals surface area contributed by atoms with Crippen LogP contribution in [0.25, 0.3) is 16.7 Å². The van der Waals surface area contributed by atoms with Gasteiger partial charge in [-0.1, -0.05) is 18.2 Å². The average molecular weight is 414 g/mol. The largest absolute Gasteiger partial charge is 0.272 e. The number of carbonyl (C=O) groups excluding carboxylic acids is 1. The molecule has 0 fully saturated rings. The van der Waals surface area contributed by atoms with E-state index in [0.717, 1.165) is 5.69 Å². The van der Waals surface area contributed by atoms with E-state index in [0.29, 0.717) is 33.5 Å². The second-order valence-corrected chi connectivity index (χ2v) is 6.89. The maximum atomic E-state index is 12.9. The van der Waals surface area contributed by atoms with E-state index >= 15 is 0 Å². The first-order valence-corrected chi connectivity index (χ1v) is 9.44. The Morgan fingerprint density at radius 3 is 2.52 bits per heavy atom. The first-order valence-electron chi connectivity index (χ1n) is 9.44. The second kappa shape index (κ2) is 8.15. The van der Waals surface area contributed by atoms with Gasteiger partial charge in [0.1, 0.15) is 0 Å². The molecule has 1 N–H and O–H groups in total. The van der Waals surface area contributed by atoms with Crippen molar-refractivity contribution in [1.29, 1.82) is 0 Å². The number of non-ortho nitro benzene ring substituents is 1. The summed E-state index contributed by atoms with van der Waals surface area (Å²) in [4.78, 5) is 27.7. The number of fused-ring (bicyclic) bond motifs is 1. The fourth-order valence-electron chi connectivity index (χ4n) is 3.25. The Morgan fingerprint density at radius 1 is 1.13 bits per heavy atom. The van der Waals surface area contributed by atoms with Gasteiger partial charge in [-0.3, -0.25) is 14.9 Å². The first kappa shape index (κ1) is 19.9. The standard InChI is InChI=1S/C22H18N6O3/c1-14-12-19(22(29)25-23-13-16-8-10-18(11-9-16)28(30)31)20-15(2)26-27(21(20)24-14)17-6-4-3-5-7-17/h3-13H,1-2H3,(H,25,29)/b23-13+. The number of nitrogens with zero attached hydrogens (tertiary/aromatic N) is 5. The van der Waals surface area contributed by atoms with Crippen molar-refractivity contribution in [2.45, 2.75) is 13.8 Å². The molecule has 0 radical (unpaired) electrons. The van der Waals surface area contributed by atoms with Crippen LogP contribution in [0.15, 0.2) is 65.8 Å².